The molecule has 0 saturated carbocycles. The summed E-state index contributed by atoms with van der Waals surface area (Å²) in [4.78, 5) is 4.23. The molecule has 0 aliphatic heterocycles. The number of ether oxygens (including phenoxy) is 2. The summed E-state index contributed by atoms with van der Waals surface area (Å²) in [6.07, 6.45) is 1.76. The molecular formula is C20H18Cl2N2O2. The first kappa shape index (κ1) is 18.4. The molecule has 26 heavy (non-hydrogen) atoms. The lowest BCUT2D eigenvalue weighted by Gasteiger charge is -2.10. The number of benzene rings is 2. The highest BCUT2D eigenvalue weighted by molar-refractivity contribution is 6.34. The van der Waals surface area contributed by atoms with Gasteiger partial charge in [0.15, 0.2) is 0 Å². The number of hydrogen-bond donors (Lipinski definition) is 1. The van der Waals surface area contributed by atoms with E-state index in [9.17, 15) is 0 Å². The van der Waals surface area contributed by atoms with Crippen LogP contribution in [-0.2, 0) is 6.54 Å². The number of nitrogens with one attached hydrogen (secondary N) is 1. The zero-order chi connectivity index (χ0) is 18.2. The highest BCUT2D eigenvalue weighted by Gasteiger charge is 2.03. The van der Waals surface area contributed by atoms with E-state index >= 15 is 0 Å². The first-order chi connectivity index (χ1) is 12.7. The van der Waals surface area contributed by atoms with E-state index in [4.69, 9.17) is 32.7 Å². The van der Waals surface area contributed by atoms with Crippen molar-refractivity contribution >= 4 is 29.0 Å². The highest BCUT2D eigenvalue weighted by Crippen LogP contribution is 2.27. The van der Waals surface area contributed by atoms with Gasteiger partial charge in [-0.3, -0.25) is 0 Å². The van der Waals surface area contributed by atoms with E-state index in [1.54, 1.807) is 24.4 Å². The van der Waals surface area contributed by atoms with Gasteiger partial charge >= 0.3 is 0 Å². The van der Waals surface area contributed by atoms with Crippen LogP contribution in [0.5, 0.6) is 11.5 Å². The molecule has 0 fully saturated rings. The van der Waals surface area contributed by atoms with Crippen LogP contribution in [0.15, 0.2) is 66.9 Å². The van der Waals surface area contributed by atoms with E-state index < -0.39 is 0 Å². The summed E-state index contributed by atoms with van der Waals surface area (Å²) in [5, 5.41) is 4.38. The zero-order valence-corrected chi connectivity index (χ0v) is 15.5. The molecule has 3 aromatic rings. The minimum atomic E-state index is 0.378. The molecule has 2 aromatic carbocycles. The third-order valence-electron chi connectivity index (χ3n) is 3.56. The Bertz CT molecular complexity index is 827. The fourth-order valence-electron chi connectivity index (χ4n) is 2.26. The molecule has 6 heteroatoms. The molecule has 0 saturated heterocycles. The van der Waals surface area contributed by atoms with Gasteiger partial charge in [-0.1, -0.05) is 41.4 Å². The number of nitrogens with zero attached hydrogens (tertiary/aromatic N) is 1. The van der Waals surface area contributed by atoms with Crippen molar-refractivity contribution in [2.75, 3.05) is 18.5 Å². The van der Waals surface area contributed by atoms with Crippen molar-refractivity contribution < 1.29 is 9.47 Å². The Labute approximate surface area is 162 Å². The van der Waals surface area contributed by atoms with Crippen molar-refractivity contribution in [3.05, 3.63) is 82.5 Å². The van der Waals surface area contributed by atoms with Gasteiger partial charge in [0.05, 0.1) is 5.02 Å². The fourth-order valence-corrected chi connectivity index (χ4v) is 2.60. The molecule has 1 heterocycles. The van der Waals surface area contributed by atoms with E-state index in [0.29, 0.717) is 35.6 Å². The number of halogens is 2. The van der Waals surface area contributed by atoms with Gasteiger partial charge in [-0.2, -0.15) is 0 Å². The van der Waals surface area contributed by atoms with E-state index in [2.05, 4.69) is 10.3 Å². The smallest absolute Gasteiger partial charge is 0.139 e. The molecule has 4 nitrogen and oxygen atoms in total. The molecule has 0 atom stereocenters. The summed E-state index contributed by atoms with van der Waals surface area (Å²) in [5.74, 6) is 2.19. The summed E-state index contributed by atoms with van der Waals surface area (Å²) in [6.45, 7) is 1.49. The predicted octanol–water partition coefficient (Wildman–Crippen LogP) is 5.46. The molecule has 1 N–H and O–H groups in total. The summed E-state index contributed by atoms with van der Waals surface area (Å²) < 4.78 is 11.3. The minimum Gasteiger partial charge on any atom is -0.490 e. The molecule has 0 spiro atoms. The lowest BCUT2D eigenvalue weighted by atomic mass is 10.2. The lowest BCUT2D eigenvalue weighted by molar-refractivity contribution is 0.217. The topological polar surface area (TPSA) is 43.4 Å². The van der Waals surface area contributed by atoms with Crippen LogP contribution in [0.25, 0.3) is 0 Å². The Morgan fingerprint density at radius 2 is 1.69 bits per heavy atom. The molecule has 0 unspecified atom stereocenters. The lowest BCUT2D eigenvalue weighted by Crippen LogP contribution is -2.09. The van der Waals surface area contributed by atoms with Crippen molar-refractivity contribution in [2.45, 2.75) is 6.54 Å². The van der Waals surface area contributed by atoms with Crippen LogP contribution in [0, 0.1) is 0 Å². The van der Waals surface area contributed by atoms with Crippen LogP contribution in [0.4, 0.5) is 5.82 Å². The monoisotopic (exact) mass is 388 g/mol. The van der Waals surface area contributed by atoms with E-state index in [-0.39, 0.29) is 0 Å². The van der Waals surface area contributed by atoms with Gasteiger partial charge in [0.25, 0.3) is 0 Å². The first-order valence-corrected chi connectivity index (χ1v) is 8.91. The average Bonchev–Trinajstić information content (AvgIpc) is 2.68. The van der Waals surface area contributed by atoms with Crippen LogP contribution >= 0.6 is 23.2 Å². The van der Waals surface area contributed by atoms with Gasteiger partial charge in [-0.05, 0) is 42.0 Å². The highest BCUT2D eigenvalue weighted by atomic mass is 35.5. The molecule has 0 radical (unpaired) electrons. The van der Waals surface area contributed by atoms with Gasteiger partial charge < -0.3 is 14.8 Å². The Kier molecular flexibility index (Phi) is 6.58. The molecule has 134 valence electrons. The third kappa shape index (κ3) is 5.55. The van der Waals surface area contributed by atoms with Gasteiger partial charge in [-0.25, -0.2) is 4.98 Å². The summed E-state index contributed by atoms with van der Waals surface area (Å²) in [7, 11) is 0. The number of hydrogen-bond acceptors (Lipinski definition) is 4. The first-order valence-electron chi connectivity index (χ1n) is 8.15. The molecular weight excluding hydrogens is 371 g/mol. The Hall–Kier alpha value is -2.43. The van der Waals surface area contributed by atoms with Crippen LogP contribution in [0.1, 0.15) is 5.56 Å². The van der Waals surface area contributed by atoms with Crippen molar-refractivity contribution in [3.63, 3.8) is 0 Å². The second kappa shape index (κ2) is 9.32. The molecule has 0 bridgehead atoms. The fraction of sp³-hybridized carbons (Fsp3) is 0.150. The van der Waals surface area contributed by atoms with Crippen molar-refractivity contribution in [2.24, 2.45) is 0 Å². The number of aromatic nitrogens is 1. The largest absolute Gasteiger partial charge is 0.490 e. The average molecular weight is 389 g/mol. The van der Waals surface area contributed by atoms with Crippen LogP contribution in [-0.4, -0.2) is 18.2 Å². The third-order valence-corrected chi connectivity index (χ3v) is 4.11. The van der Waals surface area contributed by atoms with Crippen LogP contribution in [0.2, 0.25) is 10.0 Å². The molecule has 0 aliphatic carbocycles. The van der Waals surface area contributed by atoms with Gasteiger partial charge in [-0.15, -0.1) is 0 Å². The molecule has 0 amide bonds. The number of pyridine rings is 1. The quantitative estimate of drug-likeness (QED) is 0.520. The normalized spacial score (nSPS) is 10.4. The van der Waals surface area contributed by atoms with Gasteiger partial charge in [0.1, 0.15) is 30.5 Å². The summed E-state index contributed by atoms with van der Waals surface area (Å²) in [6, 6.07) is 18.8. The second-order valence-electron chi connectivity index (χ2n) is 5.48. The van der Waals surface area contributed by atoms with Crippen molar-refractivity contribution in [3.8, 4) is 11.5 Å². The van der Waals surface area contributed by atoms with Crippen molar-refractivity contribution in [1.29, 1.82) is 0 Å². The van der Waals surface area contributed by atoms with Crippen LogP contribution < -0.4 is 14.8 Å². The number of rotatable bonds is 8. The molecule has 1 aromatic heterocycles. The van der Waals surface area contributed by atoms with E-state index in [1.165, 1.54) is 0 Å². The van der Waals surface area contributed by atoms with E-state index in [0.717, 1.165) is 17.1 Å². The Morgan fingerprint density at radius 3 is 2.46 bits per heavy atom. The van der Waals surface area contributed by atoms with Crippen molar-refractivity contribution in [1.82, 2.24) is 4.98 Å². The minimum absolute atomic E-state index is 0.378. The van der Waals surface area contributed by atoms with Gasteiger partial charge in [0.2, 0.25) is 0 Å². The maximum atomic E-state index is 6.05. The van der Waals surface area contributed by atoms with Crippen LogP contribution in [0.3, 0.4) is 0 Å². The molecule has 3 rings (SSSR count). The molecule has 0 aliphatic rings. The number of anilines is 1. The standard InChI is InChI=1S/C20H18Cl2N2O2/c21-16-6-9-18(22)19(13-16)26-12-11-25-17-7-4-15(5-8-17)14-24-20-3-1-2-10-23-20/h1-10,13H,11-12,14H2,(H,23,24). The predicted molar refractivity (Wildman–Crippen MR) is 105 cm³/mol. The van der Waals surface area contributed by atoms with Gasteiger partial charge in [0, 0.05) is 23.8 Å². The van der Waals surface area contributed by atoms with E-state index in [1.807, 2.05) is 42.5 Å². The maximum Gasteiger partial charge on any atom is 0.139 e. The maximum absolute atomic E-state index is 6.05. The summed E-state index contributed by atoms with van der Waals surface area (Å²) in [5.41, 5.74) is 1.14. The zero-order valence-electron chi connectivity index (χ0n) is 14.0. The Balaban J connectivity index is 1.42. The second-order valence-corrected chi connectivity index (χ2v) is 6.33. The Morgan fingerprint density at radius 1 is 0.885 bits per heavy atom. The SMILES string of the molecule is Clc1ccc(Cl)c(OCCOc2ccc(CNc3ccccn3)cc2)c1. The summed E-state index contributed by atoms with van der Waals surface area (Å²) >= 11 is 12.0.